The molecular weight excluding hydrogens is 328 g/mol. The second kappa shape index (κ2) is 5.53. The van der Waals surface area contributed by atoms with Crippen molar-refractivity contribution in [2.45, 2.75) is 70.0 Å². The third kappa shape index (κ3) is 2.60. The summed E-state index contributed by atoms with van der Waals surface area (Å²) in [5.74, 6) is 0.424. The molecule has 0 amide bonds. The summed E-state index contributed by atoms with van der Waals surface area (Å²) in [6, 6.07) is 4.26. The lowest BCUT2D eigenvalue weighted by Crippen LogP contribution is -2.36. The second-order valence-electron chi connectivity index (χ2n) is 7.81. The van der Waals surface area contributed by atoms with Crippen molar-refractivity contribution in [3.05, 3.63) is 34.4 Å². The van der Waals surface area contributed by atoms with Gasteiger partial charge in [0.25, 0.3) is 0 Å². The Morgan fingerprint density at radius 2 is 1.96 bits per heavy atom. The number of benzene rings is 1. The maximum Gasteiger partial charge on any atom is 0.397 e. The van der Waals surface area contributed by atoms with Gasteiger partial charge in [0, 0.05) is 11.8 Å². The molecule has 2 unspecified atom stereocenters. The molecule has 2 N–H and O–H groups in total. The maximum atomic E-state index is 10.9. The molecule has 1 aromatic carbocycles. The Kier molecular flexibility index (Phi) is 3.80. The Labute approximate surface area is 143 Å². The van der Waals surface area contributed by atoms with E-state index in [1.54, 1.807) is 0 Å². The van der Waals surface area contributed by atoms with Crippen molar-refractivity contribution in [1.29, 1.82) is 0 Å². The lowest BCUT2D eigenvalue weighted by atomic mass is 9.64. The van der Waals surface area contributed by atoms with Crippen molar-refractivity contribution in [3.8, 4) is 0 Å². The van der Waals surface area contributed by atoms with Crippen LogP contribution < -0.4 is 0 Å². The molecule has 3 aliphatic carbocycles. The SMILES string of the molecule is C[C@]12CCc3c(ccc4c3CCC(OS(=O)(=O)O)C4)[C@@H]1CCC2O. The highest BCUT2D eigenvalue weighted by Gasteiger charge is 2.49. The van der Waals surface area contributed by atoms with Crippen LogP contribution in [-0.2, 0) is 33.8 Å². The number of aliphatic hydroxyl groups excluding tert-OH is 1. The molecule has 5 nitrogen and oxygen atoms in total. The Morgan fingerprint density at radius 3 is 2.71 bits per heavy atom. The topological polar surface area (TPSA) is 83.8 Å². The van der Waals surface area contributed by atoms with Crippen LogP contribution in [0.5, 0.6) is 0 Å². The van der Waals surface area contributed by atoms with Gasteiger partial charge in [-0.2, -0.15) is 8.42 Å². The van der Waals surface area contributed by atoms with Gasteiger partial charge in [0.2, 0.25) is 0 Å². The van der Waals surface area contributed by atoms with Gasteiger partial charge in [-0.3, -0.25) is 4.55 Å². The molecular formula is C18H24O5S. The molecule has 0 bridgehead atoms. The number of fused-ring (bicyclic) bond motifs is 5. The second-order valence-corrected chi connectivity index (χ2v) is 8.86. The molecule has 6 heteroatoms. The molecule has 132 valence electrons. The van der Waals surface area contributed by atoms with Gasteiger partial charge in [0.05, 0.1) is 12.2 Å². The predicted molar refractivity (Wildman–Crippen MR) is 89.3 cm³/mol. The predicted octanol–water partition coefficient (Wildman–Crippen LogP) is 2.55. The molecule has 1 fully saturated rings. The van der Waals surface area contributed by atoms with Gasteiger partial charge in [-0.05, 0) is 66.7 Å². The van der Waals surface area contributed by atoms with Crippen LogP contribution in [-0.4, -0.2) is 30.3 Å². The molecule has 0 radical (unpaired) electrons. The molecule has 1 aromatic rings. The molecule has 4 atom stereocenters. The molecule has 24 heavy (non-hydrogen) atoms. The third-order valence-electron chi connectivity index (χ3n) is 6.56. The van der Waals surface area contributed by atoms with E-state index in [4.69, 9.17) is 8.74 Å². The van der Waals surface area contributed by atoms with E-state index in [1.807, 2.05) is 0 Å². The fraction of sp³-hybridized carbons (Fsp3) is 0.667. The van der Waals surface area contributed by atoms with Crippen molar-refractivity contribution >= 4 is 10.4 Å². The summed E-state index contributed by atoms with van der Waals surface area (Å²) in [5.41, 5.74) is 5.26. The first-order chi connectivity index (χ1) is 11.3. The van der Waals surface area contributed by atoms with Gasteiger partial charge >= 0.3 is 10.4 Å². The van der Waals surface area contributed by atoms with Gasteiger partial charge in [0.1, 0.15) is 0 Å². The Hall–Kier alpha value is -0.950. The normalized spacial score (nSPS) is 35.2. The van der Waals surface area contributed by atoms with Crippen LogP contribution in [0.4, 0.5) is 0 Å². The van der Waals surface area contributed by atoms with E-state index in [-0.39, 0.29) is 11.5 Å². The average molecular weight is 352 g/mol. The Balaban J connectivity index is 1.66. The minimum Gasteiger partial charge on any atom is -0.393 e. The van der Waals surface area contributed by atoms with E-state index in [1.165, 1.54) is 16.7 Å². The van der Waals surface area contributed by atoms with Crippen LogP contribution >= 0.6 is 0 Å². The number of aliphatic hydroxyl groups is 1. The standard InChI is InChI=1S/C18H24O5S/c1-18-9-8-14-13-5-3-12(23-24(20,21)22)10-11(13)2-4-15(14)16(18)6-7-17(18)19/h2,4,12,16-17,19H,3,5-10H2,1H3,(H,20,21,22)/t12?,16-,17?,18-/m0/s1. The smallest absolute Gasteiger partial charge is 0.393 e. The lowest BCUT2D eigenvalue weighted by molar-refractivity contribution is 0.0455. The minimum absolute atomic E-state index is 0.00742. The summed E-state index contributed by atoms with van der Waals surface area (Å²) in [7, 11) is -4.40. The summed E-state index contributed by atoms with van der Waals surface area (Å²) >= 11 is 0. The quantitative estimate of drug-likeness (QED) is 0.799. The van der Waals surface area contributed by atoms with E-state index < -0.39 is 16.5 Å². The van der Waals surface area contributed by atoms with Crippen LogP contribution in [0, 0.1) is 5.41 Å². The van der Waals surface area contributed by atoms with Crippen LogP contribution in [0.1, 0.15) is 60.8 Å². The molecule has 4 rings (SSSR count). The van der Waals surface area contributed by atoms with Gasteiger partial charge in [0.15, 0.2) is 0 Å². The van der Waals surface area contributed by atoms with Crippen molar-refractivity contribution < 1.29 is 22.3 Å². The van der Waals surface area contributed by atoms with Crippen LogP contribution in [0.2, 0.25) is 0 Å². The maximum absolute atomic E-state index is 10.9. The van der Waals surface area contributed by atoms with Crippen LogP contribution in [0.15, 0.2) is 12.1 Å². The van der Waals surface area contributed by atoms with Crippen molar-refractivity contribution in [3.63, 3.8) is 0 Å². The zero-order valence-electron chi connectivity index (χ0n) is 13.9. The third-order valence-corrected chi connectivity index (χ3v) is 7.08. The van der Waals surface area contributed by atoms with Crippen LogP contribution in [0.25, 0.3) is 0 Å². The Morgan fingerprint density at radius 1 is 1.17 bits per heavy atom. The zero-order chi connectivity index (χ0) is 17.1. The van der Waals surface area contributed by atoms with Gasteiger partial charge in [-0.15, -0.1) is 0 Å². The zero-order valence-corrected chi connectivity index (χ0v) is 14.7. The molecule has 0 saturated heterocycles. The van der Waals surface area contributed by atoms with E-state index >= 15 is 0 Å². The fourth-order valence-electron chi connectivity index (χ4n) is 5.25. The fourth-order valence-corrected chi connectivity index (χ4v) is 5.76. The molecule has 0 aromatic heterocycles. The summed E-state index contributed by atoms with van der Waals surface area (Å²) in [6.07, 6.45) is 5.12. The summed E-state index contributed by atoms with van der Waals surface area (Å²) in [4.78, 5) is 0. The van der Waals surface area contributed by atoms with Crippen molar-refractivity contribution in [1.82, 2.24) is 0 Å². The van der Waals surface area contributed by atoms with Gasteiger partial charge in [-0.1, -0.05) is 19.1 Å². The summed E-state index contributed by atoms with van der Waals surface area (Å²) in [6.45, 7) is 2.22. The number of hydrogen-bond acceptors (Lipinski definition) is 4. The molecule has 1 saturated carbocycles. The Bertz CT molecular complexity index is 772. The van der Waals surface area contributed by atoms with E-state index in [2.05, 4.69) is 19.1 Å². The lowest BCUT2D eigenvalue weighted by Gasteiger charge is -2.41. The molecule has 0 spiro atoms. The first kappa shape index (κ1) is 16.5. The van der Waals surface area contributed by atoms with Gasteiger partial charge in [-0.25, -0.2) is 4.18 Å². The highest BCUT2D eigenvalue weighted by molar-refractivity contribution is 7.80. The number of hydrogen-bond donors (Lipinski definition) is 2. The minimum atomic E-state index is -4.40. The average Bonchev–Trinajstić information content (AvgIpc) is 2.81. The first-order valence-corrected chi connectivity index (χ1v) is 10.1. The first-order valence-electron chi connectivity index (χ1n) is 8.75. The summed E-state index contributed by atoms with van der Waals surface area (Å²) < 4.78 is 35.6. The molecule has 3 aliphatic rings. The molecule has 0 aliphatic heterocycles. The summed E-state index contributed by atoms with van der Waals surface area (Å²) in [5, 5.41) is 10.4. The largest absolute Gasteiger partial charge is 0.397 e. The van der Waals surface area contributed by atoms with Gasteiger partial charge < -0.3 is 5.11 Å². The monoisotopic (exact) mass is 352 g/mol. The van der Waals surface area contributed by atoms with E-state index in [0.29, 0.717) is 18.8 Å². The van der Waals surface area contributed by atoms with E-state index in [0.717, 1.165) is 37.7 Å². The highest BCUT2D eigenvalue weighted by atomic mass is 32.3. The van der Waals surface area contributed by atoms with E-state index in [9.17, 15) is 13.5 Å². The van der Waals surface area contributed by atoms with Crippen LogP contribution in [0.3, 0.4) is 0 Å². The molecule has 0 heterocycles. The van der Waals surface area contributed by atoms with Crippen molar-refractivity contribution in [2.24, 2.45) is 5.41 Å². The van der Waals surface area contributed by atoms with Crippen molar-refractivity contribution in [2.75, 3.05) is 0 Å². The highest BCUT2D eigenvalue weighted by Crippen LogP contribution is 2.56. The number of rotatable bonds is 2.